The van der Waals surface area contributed by atoms with E-state index in [4.69, 9.17) is 44.6 Å². The molecule has 0 atom stereocenters. The molecular formula is C10H9Cl3O3. The zero-order valence-corrected chi connectivity index (χ0v) is 10.4. The molecule has 0 aliphatic carbocycles. The van der Waals surface area contributed by atoms with Crippen LogP contribution in [0, 0.1) is 0 Å². The van der Waals surface area contributed by atoms with Gasteiger partial charge in [0.1, 0.15) is 5.75 Å². The van der Waals surface area contributed by atoms with E-state index in [-0.39, 0.29) is 13.0 Å². The molecule has 0 saturated carbocycles. The molecule has 1 aromatic carbocycles. The second-order valence-corrected chi connectivity index (χ2v) is 4.98. The van der Waals surface area contributed by atoms with E-state index >= 15 is 0 Å². The van der Waals surface area contributed by atoms with Gasteiger partial charge in [-0.3, -0.25) is 0 Å². The maximum absolute atomic E-state index is 10.6. The molecule has 0 bridgehead atoms. The Hall–Kier alpha value is -0.640. The molecule has 0 amide bonds. The van der Waals surface area contributed by atoms with Crippen LogP contribution in [-0.2, 0) is 4.79 Å². The van der Waals surface area contributed by atoms with Crippen molar-refractivity contribution in [3.05, 3.63) is 29.3 Å². The molecule has 1 N–H and O–H groups in total. The lowest BCUT2D eigenvalue weighted by Crippen LogP contribution is -2.27. The number of ether oxygens (including phenoxy) is 1. The van der Waals surface area contributed by atoms with Crippen LogP contribution in [0.4, 0.5) is 0 Å². The zero-order valence-electron chi connectivity index (χ0n) is 8.12. The number of rotatable bonds is 5. The number of hydrogen-bond acceptors (Lipinski definition) is 2. The molecule has 1 aromatic rings. The van der Waals surface area contributed by atoms with Crippen LogP contribution >= 0.6 is 34.8 Å². The predicted octanol–water partition coefficient (Wildman–Crippen LogP) is 3.37. The maximum atomic E-state index is 10.6. The summed E-state index contributed by atoms with van der Waals surface area (Å²) in [6.45, 7) is 0.112. The molecule has 0 radical (unpaired) electrons. The van der Waals surface area contributed by atoms with Crippen molar-refractivity contribution in [2.75, 3.05) is 6.61 Å². The third-order valence-electron chi connectivity index (χ3n) is 1.81. The highest BCUT2D eigenvalue weighted by Gasteiger charge is 2.33. The number of hydrogen-bond donors (Lipinski definition) is 1. The number of carbonyl (C=O) groups is 1. The first-order chi connectivity index (χ1) is 7.42. The van der Waals surface area contributed by atoms with Crippen LogP contribution in [-0.4, -0.2) is 22.0 Å². The summed E-state index contributed by atoms with van der Waals surface area (Å²) >= 11 is 16.7. The number of benzene rings is 1. The van der Waals surface area contributed by atoms with Crippen molar-refractivity contribution in [2.45, 2.75) is 10.8 Å². The molecule has 0 aromatic heterocycles. The molecule has 16 heavy (non-hydrogen) atoms. The van der Waals surface area contributed by atoms with Crippen molar-refractivity contribution in [2.24, 2.45) is 0 Å². The van der Waals surface area contributed by atoms with Gasteiger partial charge in [-0.25, -0.2) is 4.79 Å². The smallest absolute Gasteiger partial charge is 0.340 e. The van der Waals surface area contributed by atoms with Crippen molar-refractivity contribution in [3.8, 4) is 5.75 Å². The van der Waals surface area contributed by atoms with Gasteiger partial charge >= 0.3 is 5.97 Å². The molecule has 0 fully saturated rings. The van der Waals surface area contributed by atoms with Crippen LogP contribution in [0.25, 0.3) is 0 Å². The van der Waals surface area contributed by atoms with E-state index < -0.39 is 10.3 Å². The summed E-state index contributed by atoms with van der Waals surface area (Å²) in [5.41, 5.74) is 0. The summed E-state index contributed by atoms with van der Waals surface area (Å²) in [6, 6.07) is 6.69. The second-order valence-electron chi connectivity index (χ2n) is 3.06. The summed E-state index contributed by atoms with van der Waals surface area (Å²) in [5, 5.41) is 9.24. The Labute approximate surface area is 108 Å². The standard InChI is InChI=1S/C10H9Cl3O3/c11-7-1-3-8(4-2-7)16-6-5-10(12,13)9(14)15/h1-4H,5-6H2,(H,14,15). The van der Waals surface area contributed by atoms with Crippen molar-refractivity contribution in [1.82, 2.24) is 0 Å². The van der Waals surface area contributed by atoms with E-state index in [0.29, 0.717) is 10.8 Å². The van der Waals surface area contributed by atoms with Crippen LogP contribution in [0.2, 0.25) is 5.02 Å². The van der Waals surface area contributed by atoms with Crippen molar-refractivity contribution in [3.63, 3.8) is 0 Å². The minimum Gasteiger partial charge on any atom is -0.493 e. The molecule has 0 saturated heterocycles. The summed E-state index contributed by atoms with van der Waals surface area (Å²) in [6.07, 6.45) is -0.00588. The average Bonchev–Trinajstić information content (AvgIpc) is 2.20. The number of carboxylic acid groups (broad SMARTS) is 1. The third kappa shape index (κ3) is 4.08. The molecule has 88 valence electrons. The van der Waals surface area contributed by atoms with Crippen molar-refractivity contribution < 1.29 is 14.6 Å². The predicted molar refractivity (Wildman–Crippen MR) is 63.6 cm³/mol. The summed E-state index contributed by atoms with van der Waals surface area (Å²) in [4.78, 5) is 10.6. The fraction of sp³-hybridized carbons (Fsp3) is 0.300. The third-order valence-corrected chi connectivity index (χ3v) is 2.76. The molecule has 0 aliphatic rings. The van der Waals surface area contributed by atoms with Crippen molar-refractivity contribution >= 4 is 40.8 Å². The average molecular weight is 284 g/mol. The van der Waals surface area contributed by atoms with Crippen LogP contribution in [0.5, 0.6) is 5.75 Å². The Kier molecular flexibility index (Phi) is 4.71. The Morgan fingerprint density at radius 2 is 1.88 bits per heavy atom. The van der Waals surface area contributed by atoms with Gasteiger partial charge in [-0.2, -0.15) is 0 Å². The fourth-order valence-electron chi connectivity index (χ4n) is 0.935. The van der Waals surface area contributed by atoms with Gasteiger partial charge in [0.25, 0.3) is 0 Å². The minimum absolute atomic E-state index is 0.00588. The topological polar surface area (TPSA) is 46.5 Å². The Bertz CT molecular complexity index is 362. The van der Waals surface area contributed by atoms with Crippen LogP contribution in [0.1, 0.15) is 6.42 Å². The van der Waals surface area contributed by atoms with E-state index in [2.05, 4.69) is 0 Å². The van der Waals surface area contributed by atoms with Gasteiger partial charge < -0.3 is 9.84 Å². The molecule has 0 spiro atoms. The first-order valence-corrected chi connectivity index (χ1v) is 5.55. The SMILES string of the molecule is O=C(O)C(Cl)(Cl)CCOc1ccc(Cl)cc1. The van der Waals surface area contributed by atoms with E-state index in [1.54, 1.807) is 24.3 Å². The van der Waals surface area contributed by atoms with Crippen molar-refractivity contribution in [1.29, 1.82) is 0 Å². The maximum Gasteiger partial charge on any atom is 0.340 e. The lowest BCUT2D eigenvalue weighted by atomic mass is 10.3. The number of halogens is 3. The monoisotopic (exact) mass is 282 g/mol. The number of aliphatic carboxylic acids is 1. The normalized spacial score (nSPS) is 11.2. The van der Waals surface area contributed by atoms with E-state index in [1.807, 2.05) is 0 Å². The van der Waals surface area contributed by atoms with E-state index in [9.17, 15) is 4.79 Å². The van der Waals surface area contributed by atoms with Gasteiger partial charge in [-0.1, -0.05) is 34.8 Å². The lowest BCUT2D eigenvalue weighted by Gasteiger charge is -2.14. The molecule has 1 rings (SSSR count). The molecule has 0 heterocycles. The van der Waals surface area contributed by atoms with Gasteiger partial charge in [0.15, 0.2) is 0 Å². The number of carboxylic acids is 1. The highest BCUT2D eigenvalue weighted by Crippen LogP contribution is 2.26. The van der Waals surface area contributed by atoms with E-state index in [1.165, 1.54) is 0 Å². The highest BCUT2D eigenvalue weighted by molar-refractivity contribution is 6.57. The first-order valence-electron chi connectivity index (χ1n) is 4.41. The van der Waals surface area contributed by atoms with Crippen LogP contribution < -0.4 is 4.74 Å². The number of alkyl halides is 2. The summed E-state index contributed by atoms with van der Waals surface area (Å²) < 4.78 is 3.44. The van der Waals surface area contributed by atoms with Gasteiger partial charge in [-0.05, 0) is 24.3 Å². The Balaban J connectivity index is 2.41. The second kappa shape index (κ2) is 5.62. The summed E-state index contributed by atoms with van der Waals surface area (Å²) in [5.74, 6) is -0.700. The van der Waals surface area contributed by atoms with Crippen LogP contribution in [0.3, 0.4) is 0 Å². The highest BCUT2D eigenvalue weighted by atomic mass is 35.5. The molecule has 0 aliphatic heterocycles. The molecule has 0 unspecified atom stereocenters. The van der Waals surface area contributed by atoms with Crippen LogP contribution in [0.15, 0.2) is 24.3 Å². The molecule has 6 heteroatoms. The zero-order chi connectivity index (χ0) is 12.2. The van der Waals surface area contributed by atoms with Gasteiger partial charge in [0.2, 0.25) is 4.33 Å². The minimum atomic E-state index is -1.81. The molecular weight excluding hydrogens is 274 g/mol. The van der Waals surface area contributed by atoms with Gasteiger partial charge in [0.05, 0.1) is 6.61 Å². The summed E-state index contributed by atoms with van der Waals surface area (Å²) in [7, 11) is 0. The van der Waals surface area contributed by atoms with Gasteiger partial charge in [-0.15, -0.1) is 0 Å². The Morgan fingerprint density at radius 3 is 2.38 bits per heavy atom. The Morgan fingerprint density at radius 1 is 1.31 bits per heavy atom. The lowest BCUT2D eigenvalue weighted by molar-refractivity contribution is -0.138. The first kappa shape index (κ1) is 13.4. The van der Waals surface area contributed by atoms with Gasteiger partial charge in [0, 0.05) is 11.4 Å². The van der Waals surface area contributed by atoms with E-state index in [0.717, 1.165) is 0 Å². The largest absolute Gasteiger partial charge is 0.493 e. The fourth-order valence-corrected chi connectivity index (χ4v) is 1.22. The molecule has 3 nitrogen and oxygen atoms in total. The quantitative estimate of drug-likeness (QED) is 0.843.